The number of phenolic OH excluding ortho intramolecular Hbond substituents is 2. The monoisotopic (exact) mass is 498 g/mol. The van der Waals surface area contributed by atoms with E-state index in [-0.39, 0.29) is 0 Å². The van der Waals surface area contributed by atoms with E-state index in [9.17, 15) is 10.2 Å². The number of aryl methyl sites for hydroxylation is 2. The van der Waals surface area contributed by atoms with Crippen molar-refractivity contribution in [1.29, 1.82) is 0 Å². The average molecular weight is 499 g/mol. The van der Waals surface area contributed by atoms with Crippen molar-refractivity contribution in [3.63, 3.8) is 0 Å². The molecule has 0 aliphatic heterocycles. The summed E-state index contributed by atoms with van der Waals surface area (Å²) in [5.41, 5.74) is 3.85. The average Bonchev–Trinajstić information content (AvgIpc) is 2.84. The number of aromatic hydroxyl groups is 2. The summed E-state index contributed by atoms with van der Waals surface area (Å²) in [6, 6.07) is 15.8. The van der Waals surface area contributed by atoms with Gasteiger partial charge < -0.3 is 10.2 Å². The molecule has 2 aromatic rings. The molecule has 0 aromatic heterocycles. The van der Waals surface area contributed by atoms with Gasteiger partial charge in [-0.2, -0.15) is 0 Å². The molecule has 2 N–H and O–H groups in total. The summed E-state index contributed by atoms with van der Waals surface area (Å²) in [4.78, 5) is 0. The van der Waals surface area contributed by atoms with Gasteiger partial charge in [0.2, 0.25) is 0 Å². The second kappa shape index (κ2) is 12.4. The lowest BCUT2D eigenvalue weighted by Crippen LogP contribution is -2.47. The SMILES string of the molecule is CCCC[Si](CC)(CC)c1ccc(C)c(-c2c(C)ccc([Si](CC)(CC)CCCC)c2O)c1O. The molecule has 2 rings (SSSR count). The molecule has 0 saturated heterocycles. The molecule has 0 amide bonds. The largest absolute Gasteiger partial charge is 0.507 e. The summed E-state index contributed by atoms with van der Waals surface area (Å²) in [5, 5.41) is 26.1. The van der Waals surface area contributed by atoms with Gasteiger partial charge in [-0.25, -0.2) is 0 Å². The van der Waals surface area contributed by atoms with Crippen LogP contribution in [0.5, 0.6) is 11.5 Å². The second-order valence-corrected chi connectivity index (χ2v) is 20.5. The fourth-order valence-electron chi connectivity index (χ4n) is 6.14. The van der Waals surface area contributed by atoms with Crippen LogP contribution >= 0.6 is 0 Å². The number of hydrogen-bond acceptors (Lipinski definition) is 2. The smallest absolute Gasteiger partial charge is 0.123 e. The third-order valence-corrected chi connectivity index (χ3v) is 20.0. The van der Waals surface area contributed by atoms with Crippen LogP contribution in [0.25, 0.3) is 11.1 Å². The minimum absolute atomic E-state index is 0.441. The van der Waals surface area contributed by atoms with Crippen LogP contribution in [0.4, 0.5) is 0 Å². The Bertz CT molecular complexity index is 866. The van der Waals surface area contributed by atoms with Crippen LogP contribution < -0.4 is 10.4 Å². The van der Waals surface area contributed by atoms with Crippen LogP contribution in [0.3, 0.4) is 0 Å². The highest BCUT2D eigenvalue weighted by atomic mass is 28.3. The molecule has 34 heavy (non-hydrogen) atoms. The predicted octanol–water partition coefficient (Wildman–Crippen LogP) is 8.37. The highest BCUT2D eigenvalue weighted by Gasteiger charge is 2.37. The predicted molar refractivity (Wildman–Crippen MR) is 157 cm³/mol. The summed E-state index contributed by atoms with van der Waals surface area (Å²) in [6.07, 6.45) is 4.81. The van der Waals surface area contributed by atoms with Gasteiger partial charge >= 0.3 is 0 Å². The van der Waals surface area contributed by atoms with E-state index in [4.69, 9.17) is 0 Å². The molecule has 0 aliphatic carbocycles. The molecule has 2 nitrogen and oxygen atoms in total. The summed E-state index contributed by atoms with van der Waals surface area (Å²) in [5.74, 6) is 0.881. The zero-order valence-electron chi connectivity index (χ0n) is 23.3. The first-order valence-electron chi connectivity index (χ1n) is 13.9. The van der Waals surface area contributed by atoms with Crippen molar-refractivity contribution in [2.45, 2.75) is 117 Å². The van der Waals surface area contributed by atoms with Crippen molar-refractivity contribution in [3.05, 3.63) is 35.4 Å². The molecular weight excluding hydrogens is 449 g/mol. The molecule has 2 aromatic carbocycles. The standard InChI is InChI=1S/C30H50O2Si2/c1-9-15-21-33(11-3,12-4)25-19-17-23(7)27(29(25)31)28-24(8)18-20-26(30(28)32)34(13-5,14-6)22-16-10-2/h17-20,31-32H,9-16,21-22H2,1-8H3. The van der Waals surface area contributed by atoms with E-state index in [1.165, 1.54) is 48.1 Å². The van der Waals surface area contributed by atoms with E-state index in [2.05, 4.69) is 79.7 Å². The van der Waals surface area contributed by atoms with Gasteiger partial charge in [-0.1, -0.05) is 128 Å². The number of rotatable bonds is 13. The molecular formula is C30H50O2Si2. The molecule has 0 saturated carbocycles. The lowest BCUT2D eigenvalue weighted by atomic mass is 9.94. The van der Waals surface area contributed by atoms with Crippen molar-refractivity contribution in [2.24, 2.45) is 0 Å². The molecule has 0 heterocycles. The Hall–Kier alpha value is -1.53. The van der Waals surface area contributed by atoms with Crippen LogP contribution in [0, 0.1) is 13.8 Å². The first-order chi connectivity index (χ1) is 16.2. The van der Waals surface area contributed by atoms with Crippen molar-refractivity contribution < 1.29 is 10.2 Å². The van der Waals surface area contributed by atoms with Crippen LogP contribution in [0.1, 0.15) is 78.4 Å². The molecule has 0 bridgehead atoms. The van der Waals surface area contributed by atoms with Gasteiger partial charge in [-0.3, -0.25) is 0 Å². The van der Waals surface area contributed by atoms with E-state index < -0.39 is 16.1 Å². The molecule has 0 aliphatic rings. The maximum atomic E-state index is 11.9. The van der Waals surface area contributed by atoms with Crippen LogP contribution in [0.15, 0.2) is 24.3 Å². The summed E-state index contributed by atoms with van der Waals surface area (Å²) >= 11 is 0. The lowest BCUT2D eigenvalue weighted by Gasteiger charge is -2.33. The van der Waals surface area contributed by atoms with Crippen LogP contribution in [-0.2, 0) is 0 Å². The third-order valence-electron chi connectivity index (χ3n) is 8.89. The van der Waals surface area contributed by atoms with E-state index in [1.54, 1.807) is 0 Å². The van der Waals surface area contributed by atoms with E-state index in [0.29, 0.717) is 11.5 Å². The Morgan fingerprint density at radius 1 is 0.559 bits per heavy atom. The zero-order chi connectivity index (χ0) is 25.5. The Labute approximate surface area is 211 Å². The quantitative estimate of drug-likeness (QED) is 0.272. The second-order valence-electron chi connectivity index (χ2n) is 10.5. The minimum atomic E-state index is -1.81. The van der Waals surface area contributed by atoms with Gasteiger partial charge in [-0.15, -0.1) is 0 Å². The maximum absolute atomic E-state index is 11.9. The van der Waals surface area contributed by atoms with Crippen molar-refractivity contribution >= 4 is 26.5 Å². The van der Waals surface area contributed by atoms with E-state index in [0.717, 1.165) is 46.4 Å². The first-order valence-corrected chi connectivity index (χ1v) is 19.1. The fourth-order valence-corrected chi connectivity index (χ4v) is 14.8. The van der Waals surface area contributed by atoms with Crippen LogP contribution in [0.2, 0.25) is 36.3 Å². The number of unbranched alkanes of at least 4 members (excludes halogenated alkanes) is 2. The summed E-state index contributed by atoms with van der Waals surface area (Å²) < 4.78 is 0. The van der Waals surface area contributed by atoms with Crippen LogP contribution in [-0.4, -0.2) is 26.4 Å². The molecule has 0 fully saturated rings. The van der Waals surface area contributed by atoms with E-state index >= 15 is 0 Å². The highest BCUT2D eigenvalue weighted by Crippen LogP contribution is 2.42. The van der Waals surface area contributed by atoms with Crippen molar-refractivity contribution in [3.8, 4) is 22.6 Å². The summed E-state index contributed by atoms with van der Waals surface area (Å²) in [6.45, 7) is 17.9. The topological polar surface area (TPSA) is 40.5 Å². The van der Waals surface area contributed by atoms with Gasteiger partial charge in [0.05, 0.1) is 16.1 Å². The third kappa shape index (κ3) is 5.33. The first kappa shape index (κ1) is 28.7. The van der Waals surface area contributed by atoms with Crippen molar-refractivity contribution in [1.82, 2.24) is 0 Å². The zero-order valence-corrected chi connectivity index (χ0v) is 25.3. The van der Waals surface area contributed by atoms with Gasteiger partial charge in [0.15, 0.2) is 0 Å². The number of phenols is 2. The van der Waals surface area contributed by atoms with Gasteiger partial charge in [0.1, 0.15) is 11.5 Å². The molecule has 0 atom stereocenters. The normalized spacial score (nSPS) is 12.4. The molecule has 0 unspecified atom stereocenters. The van der Waals surface area contributed by atoms with Crippen molar-refractivity contribution in [2.75, 3.05) is 0 Å². The molecule has 0 spiro atoms. The van der Waals surface area contributed by atoms with Gasteiger partial charge in [-0.05, 0) is 35.3 Å². The fraction of sp³-hybridized carbons (Fsp3) is 0.600. The Morgan fingerprint density at radius 3 is 1.15 bits per heavy atom. The Morgan fingerprint density at radius 2 is 0.882 bits per heavy atom. The summed E-state index contributed by atoms with van der Waals surface area (Å²) in [7, 11) is -3.62. The molecule has 0 radical (unpaired) electrons. The van der Waals surface area contributed by atoms with E-state index in [1.807, 2.05) is 0 Å². The lowest BCUT2D eigenvalue weighted by molar-refractivity contribution is 0.472. The molecule has 4 heteroatoms. The molecule has 190 valence electrons. The number of hydrogen-bond donors (Lipinski definition) is 2. The number of benzene rings is 2. The Balaban J connectivity index is 2.82. The Kier molecular flexibility index (Phi) is 10.5. The van der Waals surface area contributed by atoms with Gasteiger partial charge in [0.25, 0.3) is 0 Å². The minimum Gasteiger partial charge on any atom is -0.507 e. The highest BCUT2D eigenvalue weighted by molar-refractivity contribution is 6.93. The maximum Gasteiger partial charge on any atom is 0.123 e. The van der Waals surface area contributed by atoms with Gasteiger partial charge in [0, 0.05) is 11.1 Å².